The van der Waals surface area contributed by atoms with Crippen molar-refractivity contribution in [2.24, 2.45) is 0 Å². The lowest BCUT2D eigenvalue weighted by Crippen LogP contribution is -2.09. The summed E-state index contributed by atoms with van der Waals surface area (Å²) in [6, 6.07) is 13.0. The summed E-state index contributed by atoms with van der Waals surface area (Å²) in [7, 11) is 0. The average Bonchev–Trinajstić information content (AvgIpc) is 2.47. The summed E-state index contributed by atoms with van der Waals surface area (Å²) in [5.74, 6) is -0.522. The van der Waals surface area contributed by atoms with Crippen molar-refractivity contribution in [3.05, 3.63) is 53.6 Å². The molecule has 114 valence electrons. The fourth-order valence-corrected chi connectivity index (χ4v) is 2.18. The lowest BCUT2D eigenvalue weighted by atomic mass is 9.98. The fourth-order valence-electron chi connectivity index (χ4n) is 2.18. The first-order valence-corrected chi connectivity index (χ1v) is 7.17. The molecule has 4 nitrogen and oxygen atoms in total. The van der Waals surface area contributed by atoms with Gasteiger partial charge >= 0.3 is 5.97 Å². The van der Waals surface area contributed by atoms with Gasteiger partial charge in [0.05, 0.1) is 12.2 Å². The molecule has 0 aromatic heterocycles. The summed E-state index contributed by atoms with van der Waals surface area (Å²) >= 11 is 0. The highest BCUT2D eigenvalue weighted by Gasteiger charge is 2.15. The number of carbonyl (C=O) groups excluding carboxylic acids is 2. The van der Waals surface area contributed by atoms with E-state index < -0.39 is 0 Å². The molecule has 0 fully saturated rings. The Morgan fingerprint density at radius 2 is 1.77 bits per heavy atom. The van der Waals surface area contributed by atoms with Gasteiger partial charge in [-0.15, -0.1) is 0 Å². The summed E-state index contributed by atoms with van der Waals surface area (Å²) in [6.45, 7) is 5.54. The van der Waals surface area contributed by atoms with Crippen LogP contribution in [0.1, 0.15) is 29.8 Å². The second-order valence-electron chi connectivity index (χ2n) is 5.03. The van der Waals surface area contributed by atoms with E-state index in [9.17, 15) is 9.59 Å². The molecule has 0 saturated carbocycles. The van der Waals surface area contributed by atoms with Gasteiger partial charge in [0.15, 0.2) is 0 Å². The molecule has 22 heavy (non-hydrogen) atoms. The zero-order valence-electron chi connectivity index (χ0n) is 13.0. The van der Waals surface area contributed by atoms with Gasteiger partial charge in [0.1, 0.15) is 0 Å². The van der Waals surface area contributed by atoms with Crippen molar-refractivity contribution in [3.8, 4) is 11.1 Å². The molecule has 0 aliphatic carbocycles. The molecule has 0 spiro atoms. The Morgan fingerprint density at radius 3 is 2.36 bits per heavy atom. The number of anilines is 1. The number of nitrogens with one attached hydrogen (secondary N) is 1. The molecular weight excluding hydrogens is 278 g/mol. The minimum absolute atomic E-state index is 0.154. The number of rotatable bonds is 4. The number of hydrogen-bond donors (Lipinski definition) is 1. The third-order valence-electron chi connectivity index (χ3n) is 3.20. The summed E-state index contributed by atoms with van der Waals surface area (Å²) in [6.07, 6.45) is 0. The van der Waals surface area contributed by atoms with Crippen LogP contribution in [0.4, 0.5) is 5.69 Å². The fraction of sp³-hybridized carbons (Fsp3) is 0.222. The SMILES string of the molecule is CCOC(=O)c1ccc(NC(C)=O)cc1-c1ccc(C)cc1. The Labute approximate surface area is 130 Å². The van der Waals surface area contributed by atoms with E-state index in [-0.39, 0.29) is 11.9 Å². The van der Waals surface area contributed by atoms with Crippen molar-refractivity contribution < 1.29 is 14.3 Å². The van der Waals surface area contributed by atoms with Gasteiger partial charge < -0.3 is 10.1 Å². The monoisotopic (exact) mass is 297 g/mol. The highest BCUT2D eigenvalue weighted by atomic mass is 16.5. The van der Waals surface area contributed by atoms with Crippen molar-refractivity contribution in [1.29, 1.82) is 0 Å². The smallest absolute Gasteiger partial charge is 0.338 e. The van der Waals surface area contributed by atoms with E-state index in [1.54, 1.807) is 25.1 Å². The molecule has 0 bridgehead atoms. The predicted molar refractivity (Wildman–Crippen MR) is 86.9 cm³/mol. The summed E-state index contributed by atoms with van der Waals surface area (Å²) in [4.78, 5) is 23.4. The van der Waals surface area contributed by atoms with Crippen LogP contribution in [0.2, 0.25) is 0 Å². The maximum absolute atomic E-state index is 12.1. The minimum atomic E-state index is -0.368. The zero-order valence-corrected chi connectivity index (χ0v) is 13.0. The normalized spacial score (nSPS) is 10.1. The van der Waals surface area contributed by atoms with Gasteiger partial charge in [-0.3, -0.25) is 4.79 Å². The third-order valence-corrected chi connectivity index (χ3v) is 3.20. The topological polar surface area (TPSA) is 55.4 Å². The molecule has 0 unspecified atom stereocenters. The molecule has 0 saturated heterocycles. The van der Waals surface area contributed by atoms with E-state index in [0.717, 1.165) is 16.7 Å². The highest BCUT2D eigenvalue weighted by Crippen LogP contribution is 2.28. The number of carbonyl (C=O) groups is 2. The maximum Gasteiger partial charge on any atom is 0.338 e. The molecule has 0 atom stereocenters. The molecular formula is C18H19NO3. The van der Waals surface area contributed by atoms with E-state index in [1.807, 2.05) is 31.2 Å². The first kappa shape index (κ1) is 15.8. The maximum atomic E-state index is 12.1. The van der Waals surface area contributed by atoms with E-state index in [1.165, 1.54) is 6.92 Å². The van der Waals surface area contributed by atoms with Crippen LogP contribution < -0.4 is 5.32 Å². The van der Waals surface area contributed by atoms with Gasteiger partial charge in [0, 0.05) is 12.6 Å². The molecule has 2 aromatic rings. The van der Waals surface area contributed by atoms with E-state index in [2.05, 4.69) is 5.32 Å². The lowest BCUT2D eigenvalue weighted by molar-refractivity contribution is -0.114. The Balaban J connectivity index is 2.51. The van der Waals surface area contributed by atoms with Crippen LogP contribution in [0.15, 0.2) is 42.5 Å². The second kappa shape index (κ2) is 6.89. The highest BCUT2D eigenvalue weighted by molar-refractivity contribution is 5.99. The van der Waals surface area contributed by atoms with Crippen LogP contribution >= 0.6 is 0 Å². The largest absolute Gasteiger partial charge is 0.462 e. The number of amides is 1. The molecule has 1 amide bonds. The van der Waals surface area contributed by atoms with Crippen LogP contribution in [-0.4, -0.2) is 18.5 Å². The van der Waals surface area contributed by atoms with Gasteiger partial charge in [-0.05, 0) is 43.2 Å². The summed E-state index contributed by atoms with van der Waals surface area (Å²) in [5, 5.41) is 2.73. The van der Waals surface area contributed by atoms with Crippen molar-refractivity contribution in [1.82, 2.24) is 0 Å². The van der Waals surface area contributed by atoms with Gasteiger partial charge in [0.25, 0.3) is 0 Å². The Bertz CT molecular complexity index is 690. The quantitative estimate of drug-likeness (QED) is 0.873. The molecule has 0 aliphatic heterocycles. The first-order chi connectivity index (χ1) is 10.5. The Hall–Kier alpha value is -2.62. The van der Waals surface area contributed by atoms with Gasteiger partial charge in [-0.2, -0.15) is 0 Å². The Morgan fingerprint density at radius 1 is 1.09 bits per heavy atom. The van der Waals surface area contributed by atoms with Crippen molar-refractivity contribution in [2.75, 3.05) is 11.9 Å². The van der Waals surface area contributed by atoms with Crippen LogP contribution in [0, 0.1) is 6.92 Å². The van der Waals surface area contributed by atoms with Crippen LogP contribution in [0.3, 0.4) is 0 Å². The van der Waals surface area contributed by atoms with E-state index in [0.29, 0.717) is 17.9 Å². The summed E-state index contributed by atoms with van der Waals surface area (Å²) in [5.41, 5.74) is 3.92. The van der Waals surface area contributed by atoms with Gasteiger partial charge in [-0.25, -0.2) is 4.79 Å². The van der Waals surface area contributed by atoms with Crippen molar-refractivity contribution >= 4 is 17.6 Å². The number of esters is 1. The molecule has 2 aromatic carbocycles. The number of ether oxygens (including phenoxy) is 1. The summed E-state index contributed by atoms with van der Waals surface area (Å²) < 4.78 is 5.11. The number of aryl methyl sites for hydroxylation is 1. The third kappa shape index (κ3) is 3.73. The second-order valence-corrected chi connectivity index (χ2v) is 5.03. The van der Waals surface area contributed by atoms with E-state index in [4.69, 9.17) is 4.74 Å². The molecule has 1 N–H and O–H groups in total. The van der Waals surface area contributed by atoms with Crippen molar-refractivity contribution in [3.63, 3.8) is 0 Å². The van der Waals surface area contributed by atoms with Gasteiger partial charge in [-0.1, -0.05) is 29.8 Å². The molecule has 0 radical (unpaired) electrons. The minimum Gasteiger partial charge on any atom is -0.462 e. The number of benzene rings is 2. The predicted octanol–water partition coefficient (Wildman–Crippen LogP) is 3.80. The Kier molecular flexibility index (Phi) is 4.94. The van der Waals surface area contributed by atoms with Crippen LogP contribution in [0.5, 0.6) is 0 Å². The first-order valence-electron chi connectivity index (χ1n) is 7.17. The molecule has 0 heterocycles. The van der Waals surface area contributed by atoms with Crippen LogP contribution in [-0.2, 0) is 9.53 Å². The van der Waals surface area contributed by atoms with Gasteiger partial charge in [0.2, 0.25) is 5.91 Å². The average molecular weight is 297 g/mol. The number of hydrogen-bond acceptors (Lipinski definition) is 3. The van der Waals surface area contributed by atoms with E-state index >= 15 is 0 Å². The standard InChI is InChI=1S/C18H19NO3/c1-4-22-18(21)16-10-9-15(19-13(3)20)11-17(16)14-7-5-12(2)6-8-14/h5-11H,4H2,1-3H3,(H,19,20). The molecule has 2 rings (SSSR count). The van der Waals surface area contributed by atoms with Crippen molar-refractivity contribution in [2.45, 2.75) is 20.8 Å². The van der Waals surface area contributed by atoms with Crippen LogP contribution in [0.25, 0.3) is 11.1 Å². The molecule has 4 heteroatoms. The lowest BCUT2D eigenvalue weighted by Gasteiger charge is -2.12. The molecule has 0 aliphatic rings. The zero-order chi connectivity index (χ0) is 16.1.